The highest BCUT2D eigenvalue weighted by atomic mass is 32.2. The number of hydrogen-bond acceptors (Lipinski definition) is 5. The van der Waals surface area contributed by atoms with Crippen LogP contribution in [0.2, 0.25) is 0 Å². The fourth-order valence-electron chi connectivity index (χ4n) is 2.33. The normalized spacial score (nSPS) is 14.8. The molecule has 114 valence electrons. The van der Waals surface area contributed by atoms with Gasteiger partial charge in [-0.3, -0.25) is 14.7 Å². The van der Waals surface area contributed by atoms with E-state index in [0.29, 0.717) is 17.9 Å². The van der Waals surface area contributed by atoms with Crippen molar-refractivity contribution in [1.29, 1.82) is 0 Å². The second-order valence-electron chi connectivity index (χ2n) is 4.94. The number of benzene rings is 1. The van der Waals surface area contributed by atoms with E-state index in [0.717, 1.165) is 23.8 Å². The molecule has 1 aliphatic rings. The predicted molar refractivity (Wildman–Crippen MR) is 87.6 cm³/mol. The Morgan fingerprint density at radius 1 is 1.23 bits per heavy atom. The molecule has 1 aromatic carbocycles. The second kappa shape index (κ2) is 6.31. The van der Waals surface area contributed by atoms with E-state index in [9.17, 15) is 4.79 Å². The number of carbonyl (C=O) groups is 1. The fourth-order valence-corrected chi connectivity index (χ4v) is 2.94. The summed E-state index contributed by atoms with van der Waals surface area (Å²) in [6.07, 6.45) is 2.81. The zero-order valence-corrected chi connectivity index (χ0v) is 13.4. The molecular formula is C15H17N5OS. The smallest absolute Gasteiger partial charge is 0.282 e. The molecule has 1 amide bonds. The molecule has 1 aromatic heterocycles. The van der Waals surface area contributed by atoms with Gasteiger partial charge in [0.15, 0.2) is 10.9 Å². The van der Waals surface area contributed by atoms with Crippen LogP contribution in [0.1, 0.15) is 22.6 Å². The van der Waals surface area contributed by atoms with E-state index in [1.165, 1.54) is 16.6 Å². The molecular weight excluding hydrogens is 298 g/mol. The molecule has 0 radical (unpaired) electrons. The molecule has 0 saturated heterocycles. The predicted octanol–water partition coefficient (Wildman–Crippen LogP) is 2.14. The molecule has 0 N–H and O–H groups in total. The van der Waals surface area contributed by atoms with Gasteiger partial charge in [-0.25, -0.2) is 0 Å². The number of para-hydroxylation sites is 1. The summed E-state index contributed by atoms with van der Waals surface area (Å²) in [7, 11) is 0. The van der Waals surface area contributed by atoms with Crippen molar-refractivity contribution in [3.8, 4) is 5.69 Å². The van der Waals surface area contributed by atoms with Crippen LogP contribution in [0.15, 0.2) is 35.3 Å². The standard InChI is InChI=1S/C15H17N5OS/c1-11-13(14(21)19-10-6-9-16-15(19)22-2)18-20(17-11)12-7-4-3-5-8-12/h3-5,7-8H,6,9-10H2,1-2H3. The maximum atomic E-state index is 12.8. The Morgan fingerprint density at radius 2 is 2.00 bits per heavy atom. The van der Waals surface area contributed by atoms with Crippen molar-refractivity contribution in [3.05, 3.63) is 41.7 Å². The summed E-state index contributed by atoms with van der Waals surface area (Å²) in [6, 6.07) is 9.57. The number of thioether (sulfide) groups is 1. The van der Waals surface area contributed by atoms with E-state index < -0.39 is 0 Å². The van der Waals surface area contributed by atoms with Gasteiger partial charge in [-0.1, -0.05) is 30.0 Å². The Kier molecular flexibility index (Phi) is 4.24. The minimum absolute atomic E-state index is 0.132. The van der Waals surface area contributed by atoms with Gasteiger partial charge in [-0.15, -0.1) is 5.10 Å². The Hall–Kier alpha value is -2.15. The summed E-state index contributed by atoms with van der Waals surface area (Å²) in [5.74, 6) is -0.132. The second-order valence-corrected chi connectivity index (χ2v) is 5.71. The van der Waals surface area contributed by atoms with Crippen LogP contribution in [0.4, 0.5) is 0 Å². The highest BCUT2D eigenvalue weighted by Gasteiger charge is 2.27. The van der Waals surface area contributed by atoms with E-state index in [1.54, 1.807) is 11.8 Å². The molecule has 1 aliphatic heterocycles. The first-order chi connectivity index (χ1) is 10.7. The van der Waals surface area contributed by atoms with E-state index in [2.05, 4.69) is 15.2 Å². The number of aromatic nitrogens is 3. The van der Waals surface area contributed by atoms with Gasteiger partial charge in [0, 0.05) is 13.1 Å². The van der Waals surface area contributed by atoms with Crippen molar-refractivity contribution < 1.29 is 4.79 Å². The van der Waals surface area contributed by atoms with Crippen LogP contribution in [0.3, 0.4) is 0 Å². The Balaban J connectivity index is 1.92. The minimum Gasteiger partial charge on any atom is -0.286 e. The van der Waals surface area contributed by atoms with Crippen molar-refractivity contribution in [1.82, 2.24) is 19.9 Å². The van der Waals surface area contributed by atoms with Crippen LogP contribution in [-0.4, -0.2) is 50.3 Å². The molecule has 7 heteroatoms. The van der Waals surface area contributed by atoms with Gasteiger partial charge < -0.3 is 0 Å². The van der Waals surface area contributed by atoms with Gasteiger partial charge in [-0.05, 0) is 31.7 Å². The SMILES string of the molecule is CSC1=NCCCN1C(=O)c1nn(-c2ccccc2)nc1C. The zero-order chi connectivity index (χ0) is 15.5. The molecule has 22 heavy (non-hydrogen) atoms. The molecule has 0 fully saturated rings. The molecule has 0 unspecified atom stereocenters. The van der Waals surface area contributed by atoms with E-state index >= 15 is 0 Å². The summed E-state index contributed by atoms with van der Waals surface area (Å²) in [5, 5.41) is 9.49. The third kappa shape index (κ3) is 2.76. The van der Waals surface area contributed by atoms with Gasteiger partial charge in [0.2, 0.25) is 0 Å². The van der Waals surface area contributed by atoms with Crippen molar-refractivity contribution >= 4 is 22.8 Å². The lowest BCUT2D eigenvalue weighted by atomic mass is 10.3. The first-order valence-electron chi connectivity index (χ1n) is 7.10. The lowest BCUT2D eigenvalue weighted by molar-refractivity contribution is 0.0838. The van der Waals surface area contributed by atoms with Crippen molar-refractivity contribution in [3.63, 3.8) is 0 Å². The molecule has 0 saturated carbocycles. The monoisotopic (exact) mass is 315 g/mol. The number of carbonyl (C=O) groups excluding carboxylic acids is 1. The third-order valence-electron chi connectivity index (χ3n) is 3.42. The Bertz CT molecular complexity index is 710. The number of rotatable bonds is 2. The zero-order valence-electron chi connectivity index (χ0n) is 12.6. The minimum atomic E-state index is -0.132. The number of aliphatic imine (C=N–C) groups is 1. The van der Waals surface area contributed by atoms with Gasteiger partial charge >= 0.3 is 0 Å². The van der Waals surface area contributed by atoms with E-state index in [-0.39, 0.29) is 5.91 Å². The first kappa shape index (κ1) is 14.8. The Morgan fingerprint density at radius 3 is 2.73 bits per heavy atom. The summed E-state index contributed by atoms with van der Waals surface area (Å²) < 4.78 is 0. The molecule has 3 rings (SSSR count). The highest BCUT2D eigenvalue weighted by Crippen LogP contribution is 2.17. The third-order valence-corrected chi connectivity index (χ3v) is 4.13. The molecule has 0 bridgehead atoms. The van der Waals surface area contributed by atoms with Crippen LogP contribution < -0.4 is 0 Å². The fraction of sp³-hybridized carbons (Fsp3) is 0.333. The molecule has 2 heterocycles. The molecule has 0 atom stereocenters. The molecule has 0 aliphatic carbocycles. The van der Waals surface area contributed by atoms with Gasteiger partial charge in [0.05, 0.1) is 11.4 Å². The molecule has 0 spiro atoms. The van der Waals surface area contributed by atoms with Gasteiger partial charge in [0.1, 0.15) is 0 Å². The summed E-state index contributed by atoms with van der Waals surface area (Å²) in [6.45, 7) is 3.26. The van der Waals surface area contributed by atoms with Crippen LogP contribution in [0, 0.1) is 6.92 Å². The average Bonchev–Trinajstić information content (AvgIpc) is 2.97. The van der Waals surface area contributed by atoms with Gasteiger partial charge in [-0.2, -0.15) is 9.90 Å². The summed E-state index contributed by atoms with van der Waals surface area (Å²) >= 11 is 1.49. The lowest BCUT2D eigenvalue weighted by Crippen LogP contribution is -2.39. The Labute approximate surface area is 133 Å². The highest BCUT2D eigenvalue weighted by molar-refractivity contribution is 8.13. The van der Waals surface area contributed by atoms with Crippen molar-refractivity contribution in [2.75, 3.05) is 19.3 Å². The molecule has 2 aromatic rings. The number of aryl methyl sites for hydroxylation is 1. The van der Waals surface area contributed by atoms with Crippen molar-refractivity contribution in [2.24, 2.45) is 4.99 Å². The van der Waals surface area contributed by atoms with Crippen LogP contribution in [0.5, 0.6) is 0 Å². The van der Waals surface area contributed by atoms with Crippen LogP contribution in [-0.2, 0) is 0 Å². The topological polar surface area (TPSA) is 63.4 Å². The number of hydrogen-bond donors (Lipinski definition) is 0. The average molecular weight is 315 g/mol. The summed E-state index contributed by atoms with van der Waals surface area (Å²) in [5.41, 5.74) is 1.84. The van der Waals surface area contributed by atoms with Gasteiger partial charge in [0.25, 0.3) is 5.91 Å². The van der Waals surface area contributed by atoms with Crippen molar-refractivity contribution in [2.45, 2.75) is 13.3 Å². The number of amidine groups is 1. The molecule has 6 nitrogen and oxygen atoms in total. The quantitative estimate of drug-likeness (QED) is 0.852. The van der Waals surface area contributed by atoms with E-state index in [4.69, 9.17) is 0 Å². The largest absolute Gasteiger partial charge is 0.286 e. The maximum absolute atomic E-state index is 12.8. The maximum Gasteiger partial charge on any atom is 0.282 e. The lowest BCUT2D eigenvalue weighted by Gasteiger charge is -2.25. The number of nitrogens with zero attached hydrogens (tertiary/aromatic N) is 5. The summed E-state index contributed by atoms with van der Waals surface area (Å²) in [4.78, 5) is 20.3. The van der Waals surface area contributed by atoms with E-state index in [1.807, 2.05) is 36.6 Å². The number of amides is 1. The first-order valence-corrected chi connectivity index (χ1v) is 8.33. The van der Waals surface area contributed by atoms with Crippen LogP contribution in [0.25, 0.3) is 5.69 Å². The van der Waals surface area contributed by atoms with Crippen LogP contribution >= 0.6 is 11.8 Å².